The van der Waals surface area contributed by atoms with E-state index in [4.69, 9.17) is 0 Å². The number of carbonyl (C=O) groups excluding carboxylic acids is 4. The van der Waals surface area contributed by atoms with Crippen LogP contribution >= 0.6 is 0 Å². The van der Waals surface area contributed by atoms with Crippen molar-refractivity contribution in [1.82, 2.24) is 0 Å². The Balaban J connectivity index is 1.86. The molecule has 4 rings (SSSR count). The smallest absolute Gasteiger partial charge is 0.336 e. The molecule has 0 bridgehead atoms. The molecule has 2 unspecified atom stereocenters. The molecule has 4 N–H and O–H groups in total. The number of hydrogen-bond donors (Lipinski definition) is 4. The van der Waals surface area contributed by atoms with Gasteiger partial charge in [-0.25, -0.2) is 29.0 Å². The standard InChI is InChI=1S/C27H22N2O12/c1-11-9-27(25(40)28(19(11)30)13-3-5-15(21(32)33)17(7-13)23(36)37)10-12(2)20(31)29(26(27)41)14-4-6-16(22(34)35)18(8-14)24(38)39/h3-8,11-12H,9-10H2,1-2H3,(H,32,33)(H,34,35)(H,36,37)(H,38,39). The summed E-state index contributed by atoms with van der Waals surface area (Å²) in [4.78, 5) is 102. The number of nitrogens with zero attached hydrogens (tertiary/aromatic N) is 2. The molecule has 14 heteroatoms. The second kappa shape index (κ2) is 9.97. The van der Waals surface area contributed by atoms with E-state index in [1.807, 2.05) is 0 Å². The highest BCUT2D eigenvalue weighted by atomic mass is 16.4. The minimum atomic E-state index is -2.02. The lowest BCUT2D eigenvalue weighted by atomic mass is 9.66. The summed E-state index contributed by atoms with van der Waals surface area (Å²) in [6.07, 6.45) is -0.655. The normalized spacial score (nSPS) is 22.7. The third-order valence-electron chi connectivity index (χ3n) is 7.26. The molecule has 212 valence electrons. The molecule has 2 atom stereocenters. The lowest BCUT2D eigenvalue weighted by Crippen LogP contribution is -2.65. The zero-order chi connectivity index (χ0) is 30.5. The van der Waals surface area contributed by atoms with Gasteiger partial charge >= 0.3 is 23.9 Å². The van der Waals surface area contributed by atoms with Crippen molar-refractivity contribution in [2.24, 2.45) is 17.3 Å². The van der Waals surface area contributed by atoms with Crippen LogP contribution in [0.1, 0.15) is 68.1 Å². The first kappa shape index (κ1) is 28.6. The van der Waals surface area contributed by atoms with Crippen LogP contribution in [0.3, 0.4) is 0 Å². The van der Waals surface area contributed by atoms with Gasteiger partial charge in [-0.1, -0.05) is 13.8 Å². The van der Waals surface area contributed by atoms with Crippen molar-refractivity contribution in [2.45, 2.75) is 26.7 Å². The number of amides is 4. The first-order chi connectivity index (χ1) is 19.1. The summed E-state index contributed by atoms with van der Waals surface area (Å²) >= 11 is 0. The van der Waals surface area contributed by atoms with Crippen LogP contribution in [0.2, 0.25) is 0 Å². The van der Waals surface area contributed by atoms with Crippen LogP contribution in [0, 0.1) is 17.3 Å². The SMILES string of the molecule is CC1CC2(CC(C)C(=O)N(c3ccc(C(=O)O)c(C(=O)O)c3)C2=O)C(=O)N(c2ccc(C(=O)O)c(C(=O)O)c2)C1=O. The first-order valence-corrected chi connectivity index (χ1v) is 12.1. The molecule has 1 spiro atoms. The van der Waals surface area contributed by atoms with Gasteiger partial charge in [0.25, 0.3) is 0 Å². The molecule has 0 radical (unpaired) electrons. The number of carbonyl (C=O) groups is 8. The van der Waals surface area contributed by atoms with Gasteiger partial charge in [0.05, 0.1) is 33.6 Å². The maximum Gasteiger partial charge on any atom is 0.336 e. The van der Waals surface area contributed by atoms with Crippen molar-refractivity contribution in [3.8, 4) is 0 Å². The van der Waals surface area contributed by atoms with Gasteiger partial charge in [0.15, 0.2) is 0 Å². The predicted octanol–water partition coefficient (Wildman–Crippen LogP) is 1.96. The van der Waals surface area contributed by atoms with E-state index in [0.717, 1.165) is 36.4 Å². The van der Waals surface area contributed by atoms with E-state index in [-0.39, 0.29) is 24.2 Å². The van der Waals surface area contributed by atoms with Gasteiger partial charge < -0.3 is 20.4 Å². The predicted molar refractivity (Wildman–Crippen MR) is 136 cm³/mol. The van der Waals surface area contributed by atoms with Gasteiger partial charge in [-0.05, 0) is 49.2 Å². The number of benzene rings is 2. The number of carboxylic acid groups (broad SMARTS) is 4. The number of anilines is 2. The first-order valence-electron chi connectivity index (χ1n) is 12.1. The van der Waals surface area contributed by atoms with E-state index in [2.05, 4.69) is 0 Å². The Bertz CT molecular complexity index is 1470. The van der Waals surface area contributed by atoms with Gasteiger partial charge in [-0.3, -0.25) is 19.2 Å². The molecule has 41 heavy (non-hydrogen) atoms. The average Bonchev–Trinajstić information content (AvgIpc) is 2.90. The Morgan fingerprint density at radius 3 is 1.22 bits per heavy atom. The molecule has 2 aliphatic heterocycles. The minimum Gasteiger partial charge on any atom is -0.478 e. The average molecular weight is 566 g/mol. The number of rotatable bonds is 6. The topological polar surface area (TPSA) is 224 Å². The summed E-state index contributed by atoms with van der Waals surface area (Å²) in [5, 5.41) is 37.7. The Hall–Kier alpha value is -5.40. The van der Waals surface area contributed by atoms with E-state index >= 15 is 0 Å². The van der Waals surface area contributed by atoms with E-state index < -0.39 is 87.0 Å². The van der Waals surface area contributed by atoms with Crippen molar-refractivity contribution in [2.75, 3.05) is 9.80 Å². The summed E-state index contributed by atoms with van der Waals surface area (Å²) in [7, 11) is 0. The van der Waals surface area contributed by atoms with Crippen LogP contribution in [-0.4, -0.2) is 67.9 Å². The van der Waals surface area contributed by atoms with E-state index in [0.29, 0.717) is 9.80 Å². The van der Waals surface area contributed by atoms with Crippen molar-refractivity contribution in [3.05, 3.63) is 58.7 Å². The maximum absolute atomic E-state index is 14.0. The van der Waals surface area contributed by atoms with E-state index in [1.165, 1.54) is 13.8 Å². The molecule has 2 aromatic carbocycles. The highest BCUT2D eigenvalue weighted by Gasteiger charge is 2.61. The van der Waals surface area contributed by atoms with Crippen LogP contribution in [0.4, 0.5) is 11.4 Å². The number of hydrogen-bond acceptors (Lipinski definition) is 8. The Kier molecular flexibility index (Phi) is 6.95. The fourth-order valence-electron chi connectivity index (χ4n) is 5.37. The lowest BCUT2D eigenvalue weighted by molar-refractivity contribution is -0.153. The molecule has 2 heterocycles. The monoisotopic (exact) mass is 566 g/mol. The Morgan fingerprint density at radius 1 is 0.610 bits per heavy atom. The van der Waals surface area contributed by atoms with Gasteiger partial charge in [-0.2, -0.15) is 0 Å². The van der Waals surface area contributed by atoms with E-state index in [1.54, 1.807) is 0 Å². The molecule has 4 amide bonds. The van der Waals surface area contributed by atoms with Crippen molar-refractivity contribution < 1.29 is 58.8 Å². The quantitative estimate of drug-likeness (QED) is 0.291. The minimum absolute atomic E-state index is 0.295. The van der Waals surface area contributed by atoms with Gasteiger partial charge in [0.2, 0.25) is 23.6 Å². The highest BCUT2D eigenvalue weighted by molar-refractivity contribution is 6.32. The molecule has 2 saturated heterocycles. The molecule has 14 nitrogen and oxygen atoms in total. The highest BCUT2D eigenvalue weighted by Crippen LogP contribution is 2.47. The fourth-order valence-corrected chi connectivity index (χ4v) is 5.37. The number of piperidine rings is 2. The third kappa shape index (κ3) is 4.48. The largest absolute Gasteiger partial charge is 0.478 e. The maximum atomic E-state index is 14.0. The number of imide groups is 2. The second-order valence-corrected chi connectivity index (χ2v) is 9.93. The molecule has 0 aromatic heterocycles. The van der Waals surface area contributed by atoms with E-state index in [9.17, 15) is 58.8 Å². The van der Waals surface area contributed by atoms with Crippen LogP contribution in [-0.2, 0) is 19.2 Å². The van der Waals surface area contributed by atoms with Crippen LogP contribution in [0.25, 0.3) is 0 Å². The third-order valence-corrected chi connectivity index (χ3v) is 7.26. The lowest BCUT2D eigenvalue weighted by Gasteiger charge is -2.47. The molecule has 0 saturated carbocycles. The summed E-state index contributed by atoms with van der Waals surface area (Å²) in [5.74, 6) is -12.1. The molecule has 2 aromatic rings. The van der Waals surface area contributed by atoms with Gasteiger partial charge in [0.1, 0.15) is 5.41 Å². The molecular weight excluding hydrogens is 544 g/mol. The van der Waals surface area contributed by atoms with Crippen LogP contribution in [0.5, 0.6) is 0 Å². The summed E-state index contributed by atoms with van der Waals surface area (Å²) < 4.78 is 0. The fraction of sp³-hybridized carbons (Fsp3) is 0.259. The molecular formula is C27H22N2O12. The summed E-state index contributed by atoms with van der Waals surface area (Å²) in [6.45, 7) is 2.85. The van der Waals surface area contributed by atoms with Crippen molar-refractivity contribution >= 4 is 58.9 Å². The summed E-state index contributed by atoms with van der Waals surface area (Å²) in [6, 6.07) is 5.59. The molecule has 0 aliphatic carbocycles. The molecule has 2 fully saturated rings. The van der Waals surface area contributed by atoms with Gasteiger partial charge in [-0.15, -0.1) is 0 Å². The zero-order valence-corrected chi connectivity index (χ0v) is 21.5. The van der Waals surface area contributed by atoms with Crippen LogP contribution in [0.15, 0.2) is 36.4 Å². The summed E-state index contributed by atoms with van der Waals surface area (Å²) in [5.41, 5.74) is -5.22. The second-order valence-electron chi connectivity index (χ2n) is 9.93. The Morgan fingerprint density at radius 2 is 0.927 bits per heavy atom. The number of carboxylic acids is 4. The van der Waals surface area contributed by atoms with Crippen molar-refractivity contribution in [1.29, 1.82) is 0 Å². The number of aromatic carboxylic acids is 4. The van der Waals surface area contributed by atoms with Gasteiger partial charge in [0, 0.05) is 11.8 Å². The Labute approximate surface area is 230 Å². The zero-order valence-electron chi connectivity index (χ0n) is 21.5. The van der Waals surface area contributed by atoms with Crippen LogP contribution < -0.4 is 9.80 Å². The van der Waals surface area contributed by atoms with Crippen molar-refractivity contribution in [3.63, 3.8) is 0 Å². The molecule has 2 aliphatic rings.